The average Bonchev–Trinajstić information content (AvgIpc) is 3.30. The number of sulfonamides is 1. The summed E-state index contributed by atoms with van der Waals surface area (Å²) in [7, 11) is -3.39. The molecule has 2 N–H and O–H groups in total. The largest absolute Gasteiger partial charge is 0.320 e. The molecule has 0 heterocycles. The standard InChI is InChI=1S/C16H22N2O2S/c1-2-3-13-18(15-8-9-15)21(19,20)16-10-6-14(7-11-16)5-4-12-17/h6-7,10-11,15H,2-3,8-9,12-13,17H2,1H3. The van der Waals surface area contributed by atoms with Gasteiger partial charge in [0.25, 0.3) is 0 Å². The lowest BCUT2D eigenvalue weighted by Crippen LogP contribution is -2.34. The van der Waals surface area contributed by atoms with Crippen molar-refractivity contribution in [1.82, 2.24) is 4.31 Å². The Balaban J connectivity index is 2.20. The van der Waals surface area contributed by atoms with Gasteiger partial charge in [0.05, 0.1) is 11.4 Å². The summed E-state index contributed by atoms with van der Waals surface area (Å²) in [5.41, 5.74) is 6.11. The van der Waals surface area contributed by atoms with Crippen molar-refractivity contribution < 1.29 is 8.42 Å². The van der Waals surface area contributed by atoms with Gasteiger partial charge >= 0.3 is 0 Å². The highest BCUT2D eigenvalue weighted by atomic mass is 32.2. The van der Waals surface area contributed by atoms with Gasteiger partial charge in [-0.2, -0.15) is 4.31 Å². The maximum atomic E-state index is 12.7. The monoisotopic (exact) mass is 306 g/mol. The molecule has 0 atom stereocenters. The summed E-state index contributed by atoms with van der Waals surface area (Å²) in [6, 6.07) is 6.94. The Bertz CT molecular complexity index is 622. The molecule has 1 aliphatic rings. The SMILES string of the molecule is CCCCN(C1CC1)S(=O)(=O)c1ccc(C#CCN)cc1. The third kappa shape index (κ3) is 4.07. The molecule has 21 heavy (non-hydrogen) atoms. The molecule has 1 aromatic carbocycles. The van der Waals surface area contributed by atoms with Crippen LogP contribution < -0.4 is 5.73 Å². The lowest BCUT2D eigenvalue weighted by Gasteiger charge is -2.21. The number of nitrogens with two attached hydrogens (primary N) is 1. The molecule has 5 heteroatoms. The van der Waals surface area contributed by atoms with Crippen LogP contribution in [0, 0.1) is 11.8 Å². The summed E-state index contributed by atoms with van der Waals surface area (Å²) >= 11 is 0. The summed E-state index contributed by atoms with van der Waals surface area (Å²) in [6.07, 6.45) is 3.84. The first-order chi connectivity index (χ1) is 10.1. The molecule has 0 aromatic heterocycles. The molecule has 0 amide bonds. The normalized spacial score (nSPS) is 14.8. The molecule has 4 nitrogen and oxygen atoms in total. The zero-order chi connectivity index (χ0) is 15.3. The Morgan fingerprint density at radius 2 is 1.95 bits per heavy atom. The minimum Gasteiger partial charge on any atom is -0.320 e. The van der Waals surface area contributed by atoms with Gasteiger partial charge in [0.15, 0.2) is 0 Å². The Kier molecular flexibility index (Phi) is 5.40. The van der Waals surface area contributed by atoms with E-state index in [1.165, 1.54) is 0 Å². The second kappa shape index (κ2) is 7.08. The van der Waals surface area contributed by atoms with Crippen LogP contribution in [0.15, 0.2) is 29.2 Å². The maximum Gasteiger partial charge on any atom is 0.243 e. The number of hydrogen-bond acceptors (Lipinski definition) is 3. The molecule has 1 aromatic rings. The fourth-order valence-electron chi connectivity index (χ4n) is 2.17. The van der Waals surface area contributed by atoms with E-state index in [0.717, 1.165) is 31.2 Å². The van der Waals surface area contributed by atoms with Crippen molar-refractivity contribution >= 4 is 10.0 Å². The van der Waals surface area contributed by atoms with E-state index in [-0.39, 0.29) is 6.04 Å². The fourth-order valence-corrected chi connectivity index (χ4v) is 3.90. The van der Waals surface area contributed by atoms with Crippen molar-refractivity contribution in [3.8, 4) is 11.8 Å². The third-order valence-electron chi connectivity index (χ3n) is 3.48. The zero-order valence-corrected chi connectivity index (χ0v) is 13.2. The summed E-state index contributed by atoms with van der Waals surface area (Å²) < 4.78 is 27.1. The molecule has 0 bridgehead atoms. The molecule has 0 saturated heterocycles. The van der Waals surface area contributed by atoms with Gasteiger partial charge in [0, 0.05) is 18.2 Å². The van der Waals surface area contributed by atoms with Gasteiger partial charge in [-0.3, -0.25) is 0 Å². The molecule has 1 saturated carbocycles. The highest BCUT2D eigenvalue weighted by Crippen LogP contribution is 2.32. The van der Waals surface area contributed by atoms with E-state index in [9.17, 15) is 8.42 Å². The van der Waals surface area contributed by atoms with Crippen molar-refractivity contribution in [3.63, 3.8) is 0 Å². The molecule has 114 valence electrons. The fraction of sp³-hybridized carbons (Fsp3) is 0.500. The van der Waals surface area contributed by atoms with Gasteiger partial charge in [-0.25, -0.2) is 8.42 Å². The lowest BCUT2D eigenvalue weighted by molar-refractivity contribution is 0.395. The third-order valence-corrected chi connectivity index (χ3v) is 5.45. The van der Waals surface area contributed by atoms with E-state index in [4.69, 9.17) is 5.73 Å². The molecule has 2 rings (SSSR count). The highest BCUT2D eigenvalue weighted by Gasteiger charge is 2.37. The summed E-state index contributed by atoms with van der Waals surface area (Å²) in [6.45, 7) is 2.98. The Labute approximate surface area is 127 Å². The van der Waals surface area contributed by atoms with Crippen molar-refractivity contribution in [3.05, 3.63) is 29.8 Å². The van der Waals surface area contributed by atoms with Crippen LogP contribution in [-0.4, -0.2) is 31.9 Å². The van der Waals surface area contributed by atoms with Crippen molar-refractivity contribution in [2.45, 2.75) is 43.5 Å². The first-order valence-corrected chi connectivity index (χ1v) is 8.84. The minimum atomic E-state index is -3.39. The van der Waals surface area contributed by atoms with Crippen LogP contribution in [0.3, 0.4) is 0 Å². The van der Waals surface area contributed by atoms with Crippen molar-refractivity contribution in [2.75, 3.05) is 13.1 Å². The van der Waals surface area contributed by atoms with E-state index in [2.05, 4.69) is 18.8 Å². The first-order valence-electron chi connectivity index (χ1n) is 7.40. The van der Waals surface area contributed by atoms with Crippen LogP contribution in [0.5, 0.6) is 0 Å². The molecular formula is C16H22N2O2S. The van der Waals surface area contributed by atoms with E-state index in [0.29, 0.717) is 18.0 Å². The van der Waals surface area contributed by atoms with E-state index < -0.39 is 10.0 Å². The summed E-state index contributed by atoms with van der Waals surface area (Å²) in [4.78, 5) is 0.351. The first kappa shape index (κ1) is 16.0. The van der Waals surface area contributed by atoms with Crippen LogP contribution in [0.4, 0.5) is 0 Å². The molecule has 0 aliphatic heterocycles. The van der Waals surface area contributed by atoms with E-state index in [1.807, 2.05) is 0 Å². The van der Waals surface area contributed by atoms with Crippen LogP contribution in [0.2, 0.25) is 0 Å². The van der Waals surface area contributed by atoms with E-state index in [1.54, 1.807) is 28.6 Å². The smallest absolute Gasteiger partial charge is 0.243 e. The van der Waals surface area contributed by atoms with Gasteiger partial charge in [0.1, 0.15) is 0 Å². The molecule has 0 radical (unpaired) electrons. The van der Waals surface area contributed by atoms with E-state index >= 15 is 0 Å². The van der Waals surface area contributed by atoms with Gasteiger partial charge in [-0.05, 0) is 43.5 Å². The number of rotatable bonds is 6. The van der Waals surface area contributed by atoms with Crippen LogP contribution in [-0.2, 0) is 10.0 Å². The number of nitrogens with zero attached hydrogens (tertiary/aromatic N) is 1. The Hall–Kier alpha value is -1.35. The molecular weight excluding hydrogens is 284 g/mol. The minimum absolute atomic E-state index is 0.193. The molecule has 0 spiro atoms. The molecule has 0 unspecified atom stereocenters. The highest BCUT2D eigenvalue weighted by molar-refractivity contribution is 7.89. The maximum absolute atomic E-state index is 12.7. The number of unbranched alkanes of at least 4 members (excludes halogenated alkanes) is 1. The van der Waals surface area contributed by atoms with Crippen LogP contribution in [0.1, 0.15) is 38.2 Å². The second-order valence-corrected chi connectivity index (χ2v) is 7.12. The summed E-state index contributed by atoms with van der Waals surface area (Å²) in [5.74, 6) is 5.66. The predicted octanol–water partition coefficient (Wildman–Crippen LogP) is 1.95. The van der Waals surface area contributed by atoms with Crippen LogP contribution >= 0.6 is 0 Å². The summed E-state index contributed by atoms with van der Waals surface area (Å²) in [5, 5.41) is 0. The number of hydrogen-bond donors (Lipinski definition) is 1. The van der Waals surface area contributed by atoms with Crippen molar-refractivity contribution in [1.29, 1.82) is 0 Å². The Morgan fingerprint density at radius 3 is 2.48 bits per heavy atom. The average molecular weight is 306 g/mol. The quantitative estimate of drug-likeness (QED) is 0.817. The van der Waals surface area contributed by atoms with Crippen LogP contribution in [0.25, 0.3) is 0 Å². The zero-order valence-electron chi connectivity index (χ0n) is 12.4. The van der Waals surface area contributed by atoms with Gasteiger partial charge in [0.2, 0.25) is 10.0 Å². The van der Waals surface area contributed by atoms with Gasteiger partial charge in [-0.15, -0.1) is 0 Å². The molecule has 1 fully saturated rings. The molecule has 1 aliphatic carbocycles. The second-order valence-electron chi connectivity index (χ2n) is 5.23. The Morgan fingerprint density at radius 1 is 1.29 bits per heavy atom. The van der Waals surface area contributed by atoms with Crippen molar-refractivity contribution in [2.24, 2.45) is 5.73 Å². The topological polar surface area (TPSA) is 63.4 Å². The van der Waals surface area contributed by atoms with Gasteiger partial charge in [-0.1, -0.05) is 25.2 Å². The van der Waals surface area contributed by atoms with Gasteiger partial charge < -0.3 is 5.73 Å². The lowest BCUT2D eigenvalue weighted by atomic mass is 10.2. The predicted molar refractivity (Wildman–Crippen MR) is 84.2 cm³/mol. The number of benzene rings is 1.